The van der Waals surface area contributed by atoms with Gasteiger partial charge in [-0.3, -0.25) is 9.69 Å². The summed E-state index contributed by atoms with van der Waals surface area (Å²) in [7, 11) is 1.83. The predicted octanol–water partition coefficient (Wildman–Crippen LogP) is 2.73. The third kappa shape index (κ3) is 5.67. The molecule has 0 bridgehead atoms. The molecular weight excluding hydrogens is 361 g/mol. The molecule has 2 amide bonds. The van der Waals surface area contributed by atoms with Gasteiger partial charge in [0.25, 0.3) is 0 Å². The lowest BCUT2D eigenvalue weighted by Crippen LogP contribution is -2.43. The maximum Gasteiger partial charge on any atom is 0.317 e. The van der Waals surface area contributed by atoms with E-state index in [1.165, 1.54) is 12.1 Å². The van der Waals surface area contributed by atoms with Gasteiger partial charge in [-0.15, -0.1) is 0 Å². The first-order chi connectivity index (χ1) is 13.4. The van der Waals surface area contributed by atoms with Crippen LogP contribution in [-0.4, -0.2) is 66.2 Å². The zero-order chi connectivity index (χ0) is 20.1. The number of aliphatic carboxylic acids is 1. The SMILES string of the molecule is CN(CC(=O)O)C1CCCN(C(=O)NCC2(Cc3ccc(F)cc3)CC2)CC1. The van der Waals surface area contributed by atoms with Gasteiger partial charge >= 0.3 is 12.0 Å². The van der Waals surface area contributed by atoms with Gasteiger partial charge in [-0.2, -0.15) is 0 Å². The molecule has 7 heteroatoms. The van der Waals surface area contributed by atoms with Crippen molar-refractivity contribution in [3.05, 3.63) is 35.6 Å². The second kappa shape index (κ2) is 8.90. The highest BCUT2D eigenvalue weighted by Gasteiger charge is 2.42. The number of carbonyl (C=O) groups is 2. The fourth-order valence-corrected chi connectivity index (χ4v) is 4.07. The minimum atomic E-state index is -0.822. The van der Waals surface area contributed by atoms with Crippen molar-refractivity contribution in [1.82, 2.24) is 15.1 Å². The van der Waals surface area contributed by atoms with E-state index < -0.39 is 5.97 Å². The van der Waals surface area contributed by atoms with Crippen LogP contribution in [-0.2, 0) is 11.2 Å². The molecule has 3 rings (SSSR count). The van der Waals surface area contributed by atoms with Crippen LogP contribution in [0.15, 0.2) is 24.3 Å². The Hall–Kier alpha value is -2.15. The van der Waals surface area contributed by atoms with Crippen LogP contribution in [0.3, 0.4) is 0 Å². The Labute approximate surface area is 165 Å². The number of nitrogens with one attached hydrogen (secondary N) is 1. The Balaban J connectivity index is 1.46. The summed E-state index contributed by atoms with van der Waals surface area (Å²) in [5.74, 6) is -1.05. The lowest BCUT2D eigenvalue weighted by molar-refractivity contribution is -0.138. The first-order valence-corrected chi connectivity index (χ1v) is 10.1. The second-order valence-corrected chi connectivity index (χ2v) is 8.34. The van der Waals surface area contributed by atoms with Crippen molar-refractivity contribution in [3.8, 4) is 0 Å². The minimum absolute atomic E-state index is 0.0305. The molecule has 1 aliphatic heterocycles. The van der Waals surface area contributed by atoms with Gasteiger partial charge in [-0.05, 0) is 68.7 Å². The fraction of sp³-hybridized carbons (Fsp3) is 0.619. The molecule has 1 aromatic carbocycles. The van der Waals surface area contributed by atoms with Gasteiger partial charge in [0, 0.05) is 25.7 Å². The summed E-state index contributed by atoms with van der Waals surface area (Å²) >= 11 is 0. The van der Waals surface area contributed by atoms with Crippen LogP contribution in [0, 0.1) is 11.2 Å². The van der Waals surface area contributed by atoms with Crippen molar-refractivity contribution in [3.63, 3.8) is 0 Å². The van der Waals surface area contributed by atoms with Gasteiger partial charge in [0.1, 0.15) is 5.82 Å². The molecule has 154 valence electrons. The largest absolute Gasteiger partial charge is 0.480 e. The zero-order valence-electron chi connectivity index (χ0n) is 16.5. The molecule has 1 saturated carbocycles. The maximum absolute atomic E-state index is 13.1. The number of carbonyl (C=O) groups excluding carboxylic acids is 1. The summed E-state index contributed by atoms with van der Waals surface area (Å²) < 4.78 is 13.1. The Bertz CT molecular complexity index is 691. The number of likely N-dealkylation sites (N-methyl/N-ethyl adjacent to an activating group) is 1. The number of nitrogens with zero attached hydrogens (tertiary/aromatic N) is 2. The van der Waals surface area contributed by atoms with Gasteiger partial charge in [-0.25, -0.2) is 9.18 Å². The number of hydrogen-bond donors (Lipinski definition) is 2. The van der Waals surface area contributed by atoms with Crippen LogP contribution in [0.2, 0.25) is 0 Å². The monoisotopic (exact) mass is 391 g/mol. The van der Waals surface area contributed by atoms with Crippen LogP contribution < -0.4 is 5.32 Å². The van der Waals surface area contributed by atoms with Gasteiger partial charge < -0.3 is 15.3 Å². The molecule has 1 unspecified atom stereocenters. The molecule has 2 aliphatic rings. The number of hydrogen-bond acceptors (Lipinski definition) is 3. The van der Waals surface area contributed by atoms with Crippen molar-refractivity contribution in [2.24, 2.45) is 5.41 Å². The van der Waals surface area contributed by atoms with Gasteiger partial charge in [0.15, 0.2) is 0 Å². The lowest BCUT2D eigenvalue weighted by Gasteiger charge is -2.26. The second-order valence-electron chi connectivity index (χ2n) is 8.34. The number of urea groups is 1. The molecule has 1 heterocycles. The number of rotatable bonds is 7. The minimum Gasteiger partial charge on any atom is -0.480 e. The van der Waals surface area contributed by atoms with Crippen LogP contribution in [0.5, 0.6) is 0 Å². The van der Waals surface area contributed by atoms with Crippen molar-refractivity contribution in [2.75, 3.05) is 33.2 Å². The zero-order valence-corrected chi connectivity index (χ0v) is 16.5. The van der Waals surface area contributed by atoms with Crippen molar-refractivity contribution >= 4 is 12.0 Å². The standard InChI is InChI=1S/C21H30FN3O3/c1-24(14-19(26)27)18-3-2-11-25(12-8-18)20(28)23-15-21(9-10-21)13-16-4-6-17(22)7-5-16/h4-7,18H,2-3,8-15H2,1H3,(H,23,28)(H,26,27). The topological polar surface area (TPSA) is 72.9 Å². The Morgan fingerprint density at radius 3 is 2.61 bits per heavy atom. The highest BCUT2D eigenvalue weighted by molar-refractivity contribution is 5.74. The summed E-state index contributed by atoms with van der Waals surface area (Å²) in [5.41, 5.74) is 1.20. The fourth-order valence-electron chi connectivity index (χ4n) is 4.07. The van der Waals surface area contributed by atoms with Crippen LogP contribution in [0.1, 0.15) is 37.7 Å². The number of benzene rings is 1. The van der Waals surface area contributed by atoms with E-state index in [1.807, 2.05) is 29.0 Å². The van der Waals surface area contributed by atoms with Crippen LogP contribution in [0.4, 0.5) is 9.18 Å². The third-order valence-electron chi connectivity index (χ3n) is 6.06. The third-order valence-corrected chi connectivity index (χ3v) is 6.06. The Kier molecular flexibility index (Phi) is 6.54. The van der Waals surface area contributed by atoms with Crippen LogP contribution >= 0.6 is 0 Å². The smallest absolute Gasteiger partial charge is 0.317 e. The summed E-state index contributed by atoms with van der Waals surface area (Å²) in [5, 5.41) is 12.1. The molecule has 0 spiro atoms. The van der Waals surface area contributed by atoms with E-state index in [2.05, 4.69) is 5.32 Å². The summed E-state index contributed by atoms with van der Waals surface area (Å²) in [4.78, 5) is 27.3. The number of likely N-dealkylation sites (tertiary alicyclic amines) is 1. The molecule has 2 N–H and O–H groups in total. The molecule has 1 aliphatic carbocycles. The molecule has 1 saturated heterocycles. The number of carboxylic acid groups (broad SMARTS) is 1. The first kappa shape index (κ1) is 20.6. The van der Waals surface area contributed by atoms with E-state index in [9.17, 15) is 14.0 Å². The number of halogens is 1. The molecule has 0 radical (unpaired) electrons. The van der Waals surface area contributed by atoms with Crippen molar-refractivity contribution in [1.29, 1.82) is 0 Å². The van der Waals surface area contributed by atoms with Crippen LogP contribution in [0.25, 0.3) is 0 Å². The molecule has 1 atom stereocenters. The lowest BCUT2D eigenvalue weighted by atomic mass is 9.96. The van der Waals surface area contributed by atoms with E-state index in [4.69, 9.17) is 5.11 Å². The average Bonchev–Trinajstić information content (AvgIpc) is 3.44. The molecule has 0 aromatic heterocycles. The number of amides is 2. The van der Waals surface area contributed by atoms with Crippen molar-refractivity contribution in [2.45, 2.75) is 44.6 Å². The van der Waals surface area contributed by atoms with E-state index >= 15 is 0 Å². The van der Waals surface area contributed by atoms with E-state index in [0.29, 0.717) is 19.6 Å². The van der Waals surface area contributed by atoms with E-state index in [1.54, 1.807) is 0 Å². The highest BCUT2D eigenvalue weighted by atomic mass is 19.1. The van der Waals surface area contributed by atoms with Gasteiger partial charge in [0.05, 0.1) is 6.54 Å². The maximum atomic E-state index is 13.1. The molecule has 6 nitrogen and oxygen atoms in total. The van der Waals surface area contributed by atoms with Crippen molar-refractivity contribution < 1.29 is 19.1 Å². The first-order valence-electron chi connectivity index (χ1n) is 10.1. The molecule has 28 heavy (non-hydrogen) atoms. The summed E-state index contributed by atoms with van der Waals surface area (Å²) in [6, 6.07) is 6.77. The van der Waals surface area contributed by atoms with Gasteiger partial charge in [0.2, 0.25) is 0 Å². The summed E-state index contributed by atoms with van der Waals surface area (Å²) in [6.45, 7) is 2.02. The highest BCUT2D eigenvalue weighted by Crippen LogP contribution is 2.47. The number of carboxylic acids is 1. The molecule has 2 fully saturated rings. The van der Waals surface area contributed by atoms with E-state index in [-0.39, 0.29) is 29.8 Å². The predicted molar refractivity (Wildman–Crippen MR) is 105 cm³/mol. The van der Waals surface area contributed by atoms with E-state index in [0.717, 1.165) is 44.1 Å². The Morgan fingerprint density at radius 1 is 1.25 bits per heavy atom. The normalized spacial score (nSPS) is 21.2. The Morgan fingerprint density at radius 2 is 1.96 bits per heavy atom. The quantitative estimate of drug-likeness (QED) is 0.750. The molecular formula is C21H30FN3O3. The average molecular weight is 391 g/mol. The molecule has 1 aromatic rings. The van der Waals surface area contributed by atoms with Gasteiger partial charge in [-0.1, -0.05) is 12.1 Å². The summed E-state index contributed by atoms with van der Waals surface area (Å²) in [6.07, 6.45) is 5.58.